The van der Waals surface area contributed by atoms with Crippen molar-refractivity contribution >= 4 is 11.8 Å². The van der Waals surface area contributed by atoms with Crippen LogP contribution >= 0.6 is 0 Å². The Bertz CT molecular complexity index is 589. The highest BCUT2D eigenvalue weighted by molar-refractivity contribution is 5.79. The number of rotatable bonds is 5. The fourth-order valence-electron chi connectivity index (χ4n) is 3.43. The van der Waals surface area contributed by atoms with Gasteiger partial charge >= 0.3 is 0 Å². The number of nitrogens with zero attached hydrogens (tertiary/aromatic N) is 2. The van der Waals surface area contributed by atoms with Crippen molar-refractivity contribution in [2.75, 3.05) is 26.2 Å². The first-order valence-electron chi connectivity index (χ1n) is 9.86. The minimum absolute atomic E-state index is 0.00470. The summed E-state index contributed by atoms with van der Waals surface area (Å²) in [5.41, 5.74) is 1.20. The number of carbonyl (C=O) groups excluding carboxylic acids is 2. The van der Waals surface area contributed by atoms with E-state index in [1.165, 1.54) is 18.4 Å². The molecule has 1 aromatic rings. The third-order valence-corrected chi connectivity index (χ3v) is 5.29. The number of nitrogens with one attached hydrogen (secondary N) is 2. The lowest BCUT2D eigenvalue weighted by molar-refractivity contribution is -0.126. The van der Waals surface area contributed by atoms with Crippen LogP contribution in [0.4, 0.5) is 0 Å². The van der Waals surface area contributed by atoms with Crippen molar-refractivity contribution in [1.29, 1.82) is 0 Å². The molecule has 1 atom stereocenters. The zero-order valence-corrected chi connectivity index (χ0v) is 15.5. The predicted octanol–water partition coefficient (Wildman–Crippen LogP) is 1.72. The Hall–Kier alpha value is -1.95. The number of aromatic nitrogens is 1. The molecule has 2 amide bonds. The van der Waals surface area contributed by atoms with E-state index in [-0.39, 0.29) is 17.7 Å². The standard InChI is InChI=1S/C20H30N4O2/c25-19-8-13-24(15-17-5-9-21-10-6-17)12-1-2-18(7-11-22-19)20(26)23-14-16-3-4-16/h5-6,9-10,16,18H,1-4,7-8,11-15H2,(H,22,25)(H,23,26). The summed E-state index contributed by atoms with van der Waals surface area (Å²) in [6.07, 6.45) is 9.16. The van der Waals surface area contributed by atoms with E-state index in [1.807, 2.05) is 12.1 Å². The summed E-state index contributed by atoms with van der Waals surface area (Å²) in [6, 6.07) is 4.03. The van der Waals surface area contributed by atoms with Crippen molar-refractivity contribution in [2.24, 2.45) is 11.8 Å². The van der Waals surface area contributed by atoms with E-state index in [1.54, 1.807) is 12.4 Å². The van der Waals surface area contributed by atoms with Gasteiger partial charge in [0.25, 0.3) is 0 Å². The SMILES string of the molecule is O=C1CCN(Cc2ccncc2)CCCC(C(=O)NCC2CC2)CCN1. The molecule has 1 aliphatic heterocycles. The number of pyridine rings is 1. The molecular formula is C20H30N4O2. The molecule has 6 nitrogen and oxygen atoms in total. The van der Waals surface area contributed by atoms with E-state index >= 15 is 0 Å². The molecular weight excluding hydrogens is 328 g/mol. The molecule has 26 heavy (non-hydrogen) atoms. The van der Waals surface area contributed by atoms with E-state index < -0.39 is 0 Å². The van der Waals surface area contributed by atoms with Crippen LogP contribution in [-0.4, -0.2) is 47.9 Å². The summed E-state index contributed by atoms with van der Waals surface area (Å²) in [7, 11) is 0. The topological polar surface area (TPSA) is 74.3 Å². The lowest BCUT2D eigenvalue weighted by atomic mass is 9.98. The van der Waals surface area contributed by atoms with Gasteiger partial charge in [0.05, 0.1) is 0 Å². The van der Waals surface area contributed by atoms with E-state index in [2.05, 4.69) is 20.5 Å². The molecule has 1 saturated carbocycles. The van der Waals surface area contributed by atoms with Gasteiger partial charge in [0.15, 0.2) is 0 Å². The predicted molar refractivity (Wildman–Crippen MR) is 100 cm³/mol. The molecule has 2 N–H and O–H groups in total. The summed E-state index contributed by atoms with van der Waals surface area (Å²) in [5.74, 6) is 0.919. The highest BCUT2D eigenvalue weighted by Gasteiger charge is 2.25. The molecule has 0 radical (unpaired) electrons. The number of hydrogen-bond donors (Lipinski definition) is 2. The highest BCUT2D eigenvalue weighted by Crippen LogP contribution is 2.27. The second kappa shape index (κ2) is 9.67. The van der Waals surface area contributed by atoms with Crippen molar-refractivity contribution in [2.45, 2.75) is 45.1 Å². The van der Waals surface area contributed by atoms with Crippen LogP contribution in [0.3, 0.4) is 0 Å². The van der Waals surface area contributed by atoms with Gasteiger partial charge in [0.1, 0.15) is 0 Å². The second-order valence-corrected chi connectivity index (χ2v) is 7.55. The zero-order chi connectivity index (χ0) is 18.2. The van der Waals surface area contributed by atoms with Gasteiger partial charge in [-0.1, -0.05) is 0 Å². The highest BCUT2D eigenvalue weighted by atomic mass is 16.2. The maximum Gasteiger partial charge on any atom is 0.223 e. The van der Waals surface area contributed by atoms with Gasteiger partial charge in [-0.15, -0.1) is 0 Å². The van der Waals surface area contributed by atoms with Crippen molar-refractivity contribution in [3.8, 4) is 0 Å². The van der Waals surface area contributed by atoms with E-state index in [9.17, 15) is 9.59 Å². The summed E-state index contributed by atoms with van der Waals surface area (Å²) < 4.78 is 0. The first-order chi connectivity index (χ1) is 12.7. The smallest absolute Gasteiger partial charge is 0.223 e. The average Bonchev–Trinajstić information content (AvgIpc) is 3.47. The van der Waals surface area contributed by atoms with Gasteiger partial charge in [-0.3, -0.25) is 19.5 Å². The van der Waals surface area contributed by atoms with Crippen molar-refractivity contribution in [3.05, 3.63) is 30.1 Å². The molecule has 2 heterocycles. The van der Waals surface area contributed by atoms with Gasteiger partial charge in [-0.05, 0) is 62.3 Å². The Balaban J connectivity index is 1.54. The largest absolute Gasteiger partial charge is 0.356 e. The molecule has 6 heteroatoms. The monoisotopic (exact) mass is 358 g/mol. The first-order valence-corrected chi connectivity index (χ1v) is 9.86. The Morgan fingerprint density at radius 1 is 1.19 bits per heavy atom. The molecule has 0 bridgehead atoms. The fourth-order valence-corrected chi connectivity index (χ4v) is 3.43. The van der Waals surface area contributed by atoms with Crippen LogP contribution in [0.5, 0.6) is 0 Å². The van der Waals surface area contributed by atoms with Crippen LogP contribution in [0.25, 0.3) is 0 Å². The molecule has 1 unspecified atom stereocenters. The first kappa shape index (κ1) is 18.8. The van der Waals surface area contributed by atoms with Crippen molar-refractivity contribution in [1.82, 2.24) is 20.5 Å². The van der Waals surface area contributed by atoms with Gasteiger partial charge in [0.2, 0.25) is 11.8 Å². The quantitative estimate of drug-likeness (QED) is 0.840. The minimum atomic E-state index is -0.00470. The van der Waals surface area contributed by atoms with Crippen LogP contribution in [0, 0.1) is 11.8 Å². The Morgan fingerprint density at radius 2 is 2.00 bits per heavy atom. The van der Waals surface area contributed by atoms with Gasteiger partial charge in [-0.2, -0.15) is 0 Å². The maximum atomic E-state index is 12.5. The van der Waals surface area contributed by atoms with Gasteiger partial charge < -0.3 is 10.6 Å². The van der Waals surface area contributed by atoms with Crippen LogP contribution in [0.1, 0.15) is 44.1 Å². The Kier molecular flexibility index (Phi) is 7.00. The molecule has 1 saturated heterocycles. The van der Waals surface area contributed by atoms with E-state index in [0.717, 1.165) is 45.4 Å². The third-order valence-electron chi connectivity index (χ3n) is 5.29. The Morgan fingerprint density at radius 3 is 2.77 bits per heavy atom. The lowest BCUT2D eigenvalue weighted by Crippen LogP contribution is -2.35. The lowest BCUT2D eigenvalue weighted by Gasteiger charge is -2.22. The summed E-state index contributed by atoms with van der Waals surface area (Å²) in [4.78, 5) is 30.9. The fraction of sp³-hybridized carbons (Fsp3) is 0.650. The molecule has 2 fully saturated rings. The second-order valence-electron chi connectivity index (χ2n) is 7.55. The molecule has 0 aromatic carbocycles. The summed E-state index contributed by atoms with van der Waals surface area (Å²) in [6.45, 7) is 3.86. The third kappa shape index (κ3) is 6.41. The van der Waals surface area contributed by atoms with Crippen molar-refractivity contribution < 1.29 is 9.59 Å². The molecule has 1 aromatic heterocycles. The Labute approximate surface area is 155 Å². The van der Waals surface area contributed by atoms with Crippen LogP contribution in [0.15, 0.2) is 24.5 Å². The number of carbonyl (C=O) groups is 2. The zero-order valence-electron chi connectivity index (χ0n) is 15.5. The minimum Gasteiger partial charge on any atom is -0.356 e. The van der Waals surface area contributed by atoms with E-state index in [0.29, 0.717) is 18.9 Å². The van der Waals surface area contributed by atoms with Crippen LogP contribution < -0.4 is 10.6 Å². The molecule has 1 aliphatic carbocycles. The van der Waals surface area contributed by atoms with Gasteiger partial charge in [-0.25, -0.2) is 0 Å². The maximum absolute atomic E-state index is 12.5. The van der Waals surface area contributed by atoms with E-state index in [4.69, 9.17) is 0 Å². The molecule has 3 rings (SSSR count). The molecule has 142 valence electrons. The number of amides is 2. The number of hydrogen-bond acceptors (Lipinski definition) is 4. The van der Waals surface area contributed by atoms with Crippen LogP contribution in [0.2, 0.25) is 0 Å². The van der Waals surface area contributed by atoms with Gasteiger partial charge in [0, 0.05) is 50.9 Å². The molecule has 2 aliphatic rings. The summed E-state index contributed by atoms with van der Waals surface area (Å²) in [5, 5.41) is 6.08. The summed E-state index contributed by atoms with van der Waals surface area (Å²) >= 11 is 0. The normalized spacial score (nSPS) is 22.9. The van der Waals surface area contributed by atoms with Crippen LogP contribution in [-0.2, 0) is 16.1 Å². The average molecular weight is 358 g/mol. The molecule has 0 spiro atoms. The van der Waals surface area contributed by atoms with Crippen molar-refractivity contribution in [3.63, 3.8) is 0 Å².